The molecule has 5 nitrogen and oxygen atoms in total. The molecule has 116 valence electrons. The van der Waals surface area contributed by atoms with Gasteiger partial charge in [-0.15, -0.1) is 0 Å². The van der Waals surface area contributed by atoms with Gasteiger partial charge in [-0.25, -0.2) is 4.79 Å². The number of rotatable bonds is 7. The number of amides is 2. The lowest BCUT2D eigenvalue weighted by atomic mass is 10.2. The second-order valence-electron chi connectivity index (χ2n) is 4.95. The third kappa shape index (κ3) is 6.33. The van der Waals surface area contributed by atoms with Crippen molar-refractivity contribution < 1.29 is 14.3 Å². The maximum Gasteiger partial charge on any atom is 0.319 e. The van der Waals surface area contributed by atoms with Crippen molar-refractivity contribution in [2.45, 2.75) is 25.4 Å². The van der Waals surface area contributed by atoms with Gasteiger partial charge in [0, 0.05) is 30.5 Å². The Balaban J connectivity index is 1.51. The van der Waals surface area contributed by atoms with E-state index in [1.807, 2.05) is 0 Å². The number of benzene rings is 1. The van der Waals surface area contributed by atoms with Gasteiger partial charge in [-0.05, 0) is 37.5 Å². The molecule has 0 unspecified atom stereocenters. The second kappa shape index (κ2) is 8.87. The predicted octanol–water partition coefficient (Wildman–Crippen LogP) is 3.05. The Hall–Kier alpha value is -1.30. The minimum absolute atomic E-state index is 0.239. The summed E-state index contributed by atoms with van der Waals surface area (Å²) in [5, 5.41) is 6.09. The van der Waals surface area contributed by atoms with Crippen LogP contribution in [0.2, 0.25) is 5.02 Å². The summed E-state index contributed by atoms with van der Waals surface area (Å²) in [4.78, 5) is 11.6. The minimum atomic E-state index is -0.239. The second-order valence-corrected chi connectivity index (χ2v) is 5.39. The third-order valence-electron chi connectivity index (χ3n) is 3.16. The number of hydrogen-bond donors (Lipinski definition) is 2. The number of anilines is 1. The Morgan fingerprint density at radius 2 is 2.38 bits per heavy atom. The van der Waals surface area contributed by atoms with Crippen molar-refractivity contribution in [3.8, 4) is 0 Å². The largest absolute Gasteiger partial charge is 0.379 e. The number of hydrogen-bond acceptors (Lipinski definition) is 3. The van der Waals surface area contributed by atoms with Gasteiger partial charge in [0.15, 0.2) is 0 Å². The Kier molecular flexibility index (Phi) is 6.79. The first-order valence-corrected chi connectivity index (χ1v) is 7.61. The molecule has 1 aliphatic rings. The monoisotopic (exact) mass is 312 g/mol. The number of urea groups is 1. The highest BCUT2D eigenvalue weighted by Crippen LogP contribution is 2.14. The van der Waals surface area contributed by atoms with E-state index in [0.717, 1.165) is 25.9 Å². The minimum Gasteiger partial charge on any atom is -0.379 e. The van der Waals surface area contributed by atoms with Gasteiger partial charge in [-0.3, -0.25) is 0 Å². The molecule has 1 fully saturated rings. The van der Waals surface area contributed by atoms with Crippen LogP contribution in [0.1, 0.15) is 19.3 Å². The maximum atomic E-state index is 11.6. The first-order valence-electron chi connectivity index (χ1n) is 7.24. The summed E-state index contributed by atoms with van der Waals surface area (Å²) >= 11 is 5.85. The first-order chi connectivity index (χ1) is 10.2. The molecule has 1 saturated heterocycles. The summed E-state index contributed by atoms with van der Waals surface area (Å²) in [6, 6.07) is 6.80. The Labute approximate surface area is 130 Å². The van der Waals surface area contributed by atoms with Crippen molar-refractivity contribution in [1.82, 2.24) is 5.32 Å². The van der Waals surface area contributed by atoms with E-state index in [9.17, 15) is 4.79 Å². The molecule has 2 rings (SSSR count). The van der Waals surface area contributed by atoms with Crippen LogP contribution in [0.15, 0.2) is 24.3 Å². The van der Waals surface area contributed by atoms with Gasteiger partial charge in [-0.2, -0.15) is 0 Å². The van der Waals surface area contributed by atoms with Crippen molar-refractivity contribution in [1.29, 1.82) is 0 Å². The lowest BCUT2D eigenvalue weighted by Gasteiger charge is -2.10. The zero-order valence-electron chi connectivity index (χ0n) is 11.9. The van der Waals surface area contributed by atoms with Gasteiger partial charge in [0.05, 0.1) is 12.7 Å². The Morgan fingerprint density at radius 1 is 1.48 bits per heavy atom. The molecule has 0 aliphatic carbocycles. The van der Waals surface area contributed by atoms with Gasteiger partial charge < -0.3 is 20.1 Å². The van der Waals surface area contributed by atoms with Gasteiger partial charge in [0.25, 0.3) is 0 Å². The molecule has 21 heavy (non-hydrogen) atoms. The van der Waals surface area contributed by atoms with E-state index in [2.05, 4.69) is 10.6 Å². The summed E-state index contributed by atoms with van der Waals surface area (Å²) < 4.78 is 11.0. The van der Waals surface area contributed by atoms with E-state index in [1.54, 1.807) is 24.3 Å². The molecular weight excluding hydrogens is 292 g/mol. The highest BCUT2D eigenvalue weighted by Gasteiger charge is 2.14. The number of ether oxygens (including phenoxy) is 2. The normalized spacial score (nSPS) is 17.7. The van der Waals surface area contributed by atoms with Crippen LogP contribution in [0, 0.1) is 0 Å². The summed E-state index contributed by atoms with van der Waals surface area (Å²) in [5.41, 5.74) is 0.676. The van der Waals surface area contributed by atoms with Crippen LogP contribution in [0.4, 0.5) is 10.5 Å². The fourth-order valence-electron chi connectivity index (χ4n) is 2.11. The number of nitrogens with one attached hydrogen (secondary N) is 2. The Bertz CT molecular complexity index is 450. The predicted molar refractivity (Wildman–Crippen MR) is 82.9 cm³/mol. The van der Waals surface area contributed by atoms with Crippen molar-refractivity contribution in [3.05, 3.63) is 29.3 Å². The van der Waals surface area contributed by atoms with Crippen LogP contribution < -0.4 is 10.6 Å². The molecule has 0 aromatic heterocycles. The quantitative estimate of drug-likeness (QED) is 0.761. The van der Waals surface area contributed by atoms with Gasteiger partial charge in [-0.1, -0.05) is 17.7 Å². The summed E-state index contributed by atoms with van der Waals surface area (Å²) in [6.45, 7) is 2.68. The Morgan fingerprint density at radius 3 is 3.14 bits per heavy atom. The third-order valence-corrected chi connectivity index (χ3v) is 3.40. The van der Waals surface area contributed by atoms with E-state index in [1.165, 1.54) is 0 Å². The maximum absolute atomic E-state index is 11.6. The molecule has 1 heterocycles. The molecule has 2 amide bonds. The average molecular weight is 313 g/mol. The van der Waals surface area contributed by atoms with E-state index in [4.69, 9.17) is 21.1 Å². The molecular formula is C15H21ClN2O3. The fourth-order valence-corrected chi connectivity index (χ4v) is 2.30. The summed E-state index contributed by atoms with van der Waals surface area (Å²) in [7, 11) is 0. The first kappa shape index (κ1) is 16.1. The standard InChI is InChI=1S/C15H21ClN2O3/c16-12-4-1-5-13(10-12)18-15(19)17-7-3-8-20-11-14-6-2-9-21-14/h1,4-5,10,14H,2-3,6-9,11H2,(H2,17,18,19)/t14-/m0/s1. The van der Waals surface area contributed by atoms with Crippen molar-refractivity contribution in [2.24, 2.45) is 0 Å². The van der Waals surface area contributed by atoms with E-state index in [-0.39, 0.29) is 12.1 Å². The summed E-state index contributed by atoms with van der Waals surface area (Å²) in [5.74, 6) is 0. The van der Waals surface area contributed by atoms with Crippen LogP contribution >= 0.6 is 11.6 Å². The summed E-state index contributed by atoms with van der Waals surface area (Å²) in [6.07, 6.45) is 3.24. The smallest absolute Gasteiger partial charge is 0.319 e. The van der Waals surface area contributed by atoms with Crippen LogP contribution in [0.5, 0.6) is 0 Å². The van der Waals surface area contributed by atoms with Crippen LogP contribution in [0.25, 0.3) is 0 Å². The van der Waals surface area contributed by atoms with Crippen LogP contribution in [0.3, 0.4) is 0 Å². The van der Waals surface area contributed by atoms with E-state index < -0.39 is 0 Å². The lowest BCUT2D eigenvalue weighted by Crippen LogP contribution is -2.30. The molecule has 6 heteroatoms. The molecule has 2 N–H and O–H groups in total. The molecule has 1 atom stereocenters. The fraction of sp³-hybridized carbons (Fsp3) is 0.533. The van der Waals surface area contributed by atoms with Gasteiger partial charge in [0.1, 0.15) is 0 Å². The zero-order valence-corrected chi connectivity index (χ0v) is 12.7. The van der Waals surface area contributed by atoms with Crippen molar-refractivity contribution >= 4 is 23.3 Å². The van der Waals surface area contributed by atoms with Crippen molar-refractivity contribution in [3.63, 3.8) is 0 Å². The molecule has 0 saturated carbocycles. The highest BCUT2D eigenvalue weighted by molar-refractivity contribution is 6.30. The number of carbonyl (C=O) groups excluding carboxylic acids is 1. The van der Waals surface area contributed by atoms with E-state index >= 15 is 0 Å². The zero-order chi connectivity index (χ0) is 14.9. The highest BCUT2D eigenvalue weighted by atomic mass is 35.5. The molecule has 1 aromatic carbocycles. The molecule has 0 spiro atoms. The number of carbonyl (C=O) groups is 1. The van der Waals surface area contributed by atoms with Crippen LogP contribution in [-0.4, -0.2) is 38.5 Å². The van der Waals surface area contributed by atoms with Crippen molar-refractivity contribution in [2.75, 3.05) is 31.7 Å². The SMILES string of the molecule is O=C(NCCCOC[C@@H]1CCCO1)Nc1cccc(Cl)c1. The molecule has 0 bridgehead atoms. The number of halogens is 1. The lowest BCUT2D eigenvalue weighted by molar-refractivity contribution is 0.0168. The molecule has 1 aromatic rings. The topological polar surface area (TPSA) is 59.6 Å². The van der Waals surface area contributed by atoms with E-state index in [0.29, 0.717) is 30.5 Å². The van der Waals surface area contributed by atoms with Crippen LogP contribution in [-0.2, 0) is 9.47 Å². The average Bonchev–Trinajstić information content (AvgIpc) is 2.96. The van der Waals surface area contributed by atoms with Gasteiger partial charge in [0.2, 0.25) is 0 Å². The van der Waals surface area contributed by atoms with Gasteiger partial charge >= 0.3 is 6.03 Å². The molecule has 0 radical (unpaired) electrons. The molecule has 1 aliphatic heterocycles.